The third-order valence-corrected chi connectivity index (χ3v) is 4.88. The monoisotopic (exact) mass is 342 g/mol. The number of amides is 1. The van der Waals surface area contributed by atoms with Crippen molar-refractivity contribution in [3.8, 4) is 0 Å². The molecule has 1 aromatic carbocycles. The van der Waals surface area contributed by atoms with E-state index in [0.717, 1.165) is 19.3 Å². The zero-order valence-corrected chi connectivity index (χ0v) is 13.2. The molecule has 8 heteroatoms. The van der Waals surface area contributed by atoms with Gasteiger partial charge in [0.15, 0.2) is 0 Å². The van der Waals surface area contributed by atoms with Gasteiger partial charge in [0.2, 0.25) is 5.91 Å². The van der Waals surface area contributed by atoms with E-state index in [2.05, 4.69) is 21.7 Å². The van der Waals surface area contributed by atoms with Crippen molar-refractivity contribution in [1.29, 1.82) is 0 Å². The van der Waals surface area contributed by atoms with E-state index in [9.17, 15) is 14.3 Å². The Balaban J connectivity index is 1.70. The first-order valence-corrected chi connectivity index (χ1v) is 8.10. The van der Waals surface area contributed by atoms with Crippen LogP contribution in [0.5, 0.6) is 0 Å². The van der Waals surface area contributed by atoms with Crippen molar-refractivity contribution < 1.29 is 14.3 Å². The fraction of sp³-hybridized carbons (Fsp3) is 0.533. The molecular formula is C15H20ClFN4O2. The number of hydrogen-bond acceptors (Lipinski definition) is 5. The van der Waals surface area contributed by atoms with Gasteiger partial charge in [0, 0.05) is 6.04 Å². The van der Waals surface area contributed by atoms with Crippen LogP contribution in [-0.4, -0.2) is 29.7 Å². The molecule has 0 aromatic heterocycles. The van der Waals surface area contributed by atoms with Crippen molar-refractivity contribution in [2.75, 3.05) is 6.61 Å². The number of nitrogens with one attached hydrogen (secondary N) is 4. The van der Waals surface area contributed by atoms with E-state index in [1.54, 1.807) is 6.07 Å². The Morgan fingerprint density at radius 2 is 2.26 bits per heavy atom. The number of hydrazine groups is 2. The molecule has 5 N–H and O–H groups in total. The smallest absolute Gasteiger partial charge is 0.225 e. The largest absolute Gasteiger partial charge is 0.394 e. The predicted octanol–water partition coefficient (Wildman–Crippen LogP) is 0.778. The van der Waals surface area contributed by atoms with Gasteiger partial charge in [0.25, 0.3) is 0 Å². The van der Waals surface area contributed by atoms with Gasteiger partial charge in [-0.05, 0) is 30.5 Å². The summed E-state index contributed by atoms with van der Waals surface area (Å²) in [5.41, 5.74) is 9.54. The number of aliphatic hydroxyl groups is 1. The minimum Gasteiger partial charge on any atom is -0.394 e. The molecule has 4 atom stereocenters. The second kappa shape index (κ2) is 7.11. The molecule has 0 spiro atoms. The van der Waals surface area contributed by atoms with E-state index in [0.29, 0.717) is 5.56 Å². The van der Waals surface area contributed by atoms with Crippen LogP contribution in [0.4, 0.5) is 4.39 Å². The number of fused-ring (bicyclic) bond motifs is 1. The summed E-state index contributed by atoms with van der Waals surface area (Å²) in [6.45, 7) is -0.308. The molecule has 4 unspecified atom stereocenters. The zero-order chi connectivity index (χ0) is 16.4. The van der Waals surface area contributed by atoms with Gasteiger partial charge in [0.05, 0.1) is 29.6 Å². The summed E-state index contributed by atoms with van der Waals surface area (Å²) < 4.78 is 13.6. The lowest BCUT2D eigenvalue weighted by Crippen LogP contribution is -2.50. The van der Waals surface area contributed by atoms with Gasteiger partial charge in [-0.3, -0.25) is 4.79 Å². The Morgan fingerprint density at radius 1 is 1.43 bits per heavy atom. The molecule has 1 heterocycles. The first kappa shape index (κ1) is 16.6. The van der Waals surface area contributed by atoms with Crippen molar-refractivity contribution in [1.82, 2.24) is 21.7 Å². The van der Waals surface area contributed by atoms with E-state index in [1.807, 2.05) is 0 Å². The van der Waals surface area contributed by atoms with Crippen molar-refractivity contribution in [3.63, 3.8) is 0 Å². The fourth-order valence-corrected chi connectivity index (χ4v) is 3.43. The molecule has 1 saturated heterocycles. The quantitative estimate of drug-likeness (QED) is 0.558. The predicted molar refractivity (Wildman–Crippen MR) is 83.7 cm³/mol. The highest BCUT2D eigenvalue weighted by atomic mass is 35.5. The van der Waals surface area contributed by atoms with E-state index in [1.165, 1.54) is 12.1 Å². The van der Waals surface area contributed by atoms with Gasteiger partial charge in [-0.2, -0.15) is 5.53 Å². The number of aliphatic hydroxyl groups excluding tert-OH is 1. The molecule has 1 saturated carbocycles. The van der Waals surface area contributed by atoms with Gasteiger partial charge in [-0.1, -0.05) is 24.1 Å². The number of carbonyl (C=O) groups excluding carboxylic acids is 1. The molecule has 1 amide bonds. The van der Waals surface area contributed by atoms with Crippen LogP contribution < -0.4 is 21.7 Å². The van der Waals surface area contributed by atoms with E-state index in [-0.39, 0.29) is 35.5 Å². The van der Waals surface area contributed by atoms with Crippen molar-refractivity contribution in [2.45, 2.75) is 37.4 Å². The second-order valence-electron chi connectivity index (χ2n) is 6.00. The van der Waals surface area contributed by atoms with Gasteiger partial charge in [-0.25, -0.2) is 15.2 Å². The van der Waals surface area contributed by atoms with Crippen LogP contribution in [0.1, 0.15) is 30.9 Å². The summed E-state index contributed by atoms with van der Waals surface area (Å²) >= 11 is 5.67. The van der Waals surface area contributed by atoms with Crippen LogP contribution in [0, 0.1) is 11.7 Å². The number of halogens is 2. The van der Waals surface area contributed by atoms with Crippen molar-refractivity contribution in [2.24, 2.45) is 5.92 Å². The maximum Gasteiger partial charge on any atom is 0.225 e. The third kappa shape index (κ3) is 3.49. The summed E-state index contributed by atoms with van der Waals surface area (Å²) in [4.78, 5) is 12.6. The van der Waals surface area contributed by atoms with E-state index >= 15 is 0 Å². The molecular weight excluding hydrogens is 323 g/mol. The molecule has 126 valence electrons. The summed E-state index contributed by atoms with van der Waals surface area (Å²) in [6.07, 6.45) is 2.73. The molecule has 23 heavy (non-hydrogen) atoms. The van der Waals surface area contributed by atoms with E-state index in [4.69, 9.17) is 11.6 Å². The van der Waals surface area contributed by atoms with Crippen LogP contribution in [0.15, 0.2) is 18.2 Å². The third-order valence-electron chi connectivity index (χ3n) is 4.58. The molecule has 0 radical (unpaired) electrons. The Labute approximate surface area is 138 Å². The standard InChI is InChI=1S/C15H20ClFN4O2/c16-10-5-4-8(6-11(10)17)13(7-22)18-15(23)9-2-1-3-12-14(9)20-21-19-12/h4-6,9,12-14,19-22H,1-3,7H2,(H,18,23). The summed E-state index contributed by atoms with van der Waals surface area (Å²) in [6, 6.07) is 3.82. The molecule has 2 aliphatic rings. The molecule has 6 nitrogen and oxygen atoms in total. The first-order chi connectivity index (χ1) is 11.1. The summed E-state index contributed by atoms with van der Waals surface area (Å²) in [5.74, 6) is -0.921. The number of benzene rings is 1. The van der Waals surface area contributed by atoms with Gasteiger partial charge < -0.3 is 10.4 Å². The highest BCUT2D eigenvalue weighted by Gasteiger charge is 2.40. The Kier molecular flexibility index (Phi) is 5.13. The fourth-order valence-electron chi connectivity index (χ4n) is 3.31. The zero-order valence-electron chi connectivity index (χ0n) is 12.5. The van der Waals surface area contributed by atoms with Crippen LogP contribution in [-0.2, 0) is 4.79 Å². The van der Waals surface area contributed by atoms with E-state index < -0.39 is 11.9 Å². The number of rotatable bonds is 4. The van der Waals surface area contributed by atoms with Gasteiger partial charge in [0.1, 0.15) is 5.82 Å². The molecule has 1 aliphatic carbocycles. The minimum absolute atomic E-state index is 0.00467. The number of hydrogen-bond donors (Lipinski definition) is 5. The molecule has 1 aliphatic heterocycles. The van der Waals surface area contributed by atoms with Crippen LogP contribution in [0.25, 0.3) is 0 Å². The highest BCUT2D eigenvalue weighted by molar-refractivity contribution is 6.30. The molecule has 2 fully saturated rings. The van der Waals surface area contributed by atoms with Crippen LogP contribution in [0.3, 0.4) is 0 Å². The van der Waals surface area contributed by atoms with Gasteiger partial charge >= 0.3 is 0 Å². The summed E-state index contributed by atoms with van der Waals surface area (Å²) in [7, 11) is 0. The Bertz CT molecular complexity index is 589. The molecule has 3 rings (SSSR count). The first-order valence-electron chi connectivity index (χ1n) is 7.72. The van der Waals surface area contributed by atoms with Crippen LogP contribution in [0.2, 0.25) is 5.02 Å². The average Bonchev–Trinajstić information content (AvgIpc) is 3.03. The van der Waals surface area contributed by atoms with Crippen molar-refractivity contribution in [3.05, 3.63) is 34.6 Å². The maximum atomic E-state index is 13.6. The lowest BCUT2D eigenvalue weighted by molar-refractivity contribution is -0.128. The minimum atomic E-state index is -0.656. The average molecular weight is 343 g/mol. The lowest BCUT2D eigenvalue weighted by atomic mass is 9.81. The second-order valence-corrected chi connectivity index (χ2v) is 6.41. The Hall–Kier alpha value is -1.25. The Morgan fingerprint density at radius 3 is 3.00 bits per heavy atom. The lowest BCUT2D eigenvalue weighted by Gasteiger charge is -2.32. The SMILES string of the molecule is O=C(NC(CO)c1ccc(Cl)c(F)c1)C1CCCC2NNNC21. The maximum absolute atomic E-state index is 13.6. The van der Waals surface area contributed by atoms with Crippen molar-refractivity contribution >= 4 is 17.5 Å². The molecule has 0 bridgehead atoms. The highest BCUT2D eigenvalue weighted by Crippen LogP contribution is 2.27. The number of carbonyl (C=O) groups is 1. The normalized spacial score (nSPS) is 28.2. The van der Waals surface area contributed by atoms with Gasteiger partial charge in [-0.15, -0.1) is 0 Å². The summed E-state index contributed by atoms with van der Waals surface area (Å²) in [5, 5.41) is 12.4. The van der Waals surface area contributed by atoms with Crippen LogP contribution >= 0.6 is 11.6 Å². The molecule has 1 aromatic rings. The topological polar surface area (TPSA) is 85.4 Å².